The summed E-state index contributed by atoms with van der Waals surface area (Å²) in [5.41, 5.74) is 1.59. The molecule has 0 N–H and O–H groups in total. The van der Waals surface area contributed by atoms with Gasteiger partial charge in [-0.2, -0.15) is 0 Å². The minimum Gasteiger partial charge on any atom is -0.467 e. The van der Waals surface area contributed by atoms with Crippen LogP contribution in [0.25, 0.3) is 0 Å². The third-order valence-corrected chi connectivity index (χ3v) is 3.35. The van der Waals surface area contributed by atoms with Crippen molar-refractivity contribution < 1.29 is 14.3 Å². The molecular weight excluding hydrogens is 254 g/mol. The number of nitrogens with zero attached hydrogens (tertiary/aromatic N) is 1. The molecule has 4 nitrogen and oxygen atoms in total. The summed E-state index contributed by atoms with van der Waals surface area (Å²) in [6.45, 7) is 1.88. The summed E-state index contributed by atoms with van der Waals surface area (Å²) in [6.07, 6.45) is 0.836. The van der Waals surface area contributed by atoms with E-state index in [4.69, 9.17) is 16.3 Å². The number of halogens is 1. The van der Waals surface area contributed by atoms with Gasteiger partial charge in [-0.05, 0) is 31.0 Å². The van der Waals surface area contributed by atoms with Gasteiger partial charge in [0.25, 0.3) is 0 Å². The summed E-state index contributed by atoms with van der Waals surface area (Å²) in [5.74, 6) is -0.462. The highest BCUT2D eigenvalue weighted by Crippen LogP contribution is 2.31. The first kappa shape index (κ1) is 12.9. The number of carbonyl (C=O) groups is 2. The second-order valence-corrected chi connectivity index (χ2v) is 4.71. The van der Waals surface area contributed by atoms with E-state index in [0.29, 0.717) is 23.6 Å². The van der Waals surface area contributed by atoms with Gasteiger partial charge in [-0.25, -0.2) is 4.79 Å². The molecule has 1 aliphatic rings. The van der Waals surface area contributed by atoms with Gasteiger partial charge in [-0.15, -0.1) is 0 Å². The molecule has 1 aliphatic heterocycles. The van der Waals surface area contributed by atoms with E-state index in [1.807, 2.05) is 13.0 Å². The van der Waals surface area contributed by atoms with Gasteiger partial charge < -0.3 is 4.74 Å². The third kappa shape index (κ3) is 2.20. The van der Waals surface area contributed by atoms with E-state index in [0.717, 1.165) is 5.56 Å². The minimum atomic E-state index is -0.542. The van der Waals surface area contributed by atoms with Crippen LogP contribution in [0.1, 0.15) is 18.4 Å². The normalized spacial score (nSPS) is 19.2. The van der Waals surface area contributed by atoms with Crippen LogP contribution in [0.15, 0.2) is 18.2 Å². The topological polar surface area (TPSA) is 46.6 Å². The van der Waals surface area contributed by atoms with Crippen molar-refractivity contribution in [3.8, 4) is 0 Å². The van der Waals surface area contributed by atoms with Crippen LogP contribution in [-0.2, 0) is 14.3 Å². The Balaban J connectivity index is 2.42. The number of amides is 1. The van der Waals surface area contributed by atoms with Crippen molar-refractivity contribution in [3.63, 3.8) is 0 Å². The zero-order chi connectivity index (χ0) is 13.3. The summed E-state index contributed by atoms with van der Waals surface area (Å²) in [7, 11) is 1.33. The Kier molecular flexibility index (Phi) is 3.57. The van der Waals surface area contributed by atoms with Crippen LogP contribution in [0, 0.1) is 6.92 Å². The fourth-order valence-corrected chi connectivity index (χ4v) is 2.35. The number of hydrogen-bond donors (Lipinski definition) is 0. The molecule has 2 rings (SSSR count). The molecule has 0 aromatic heterocycles. The molecule has 1 unspecified atom stereocenters. The van der Waals surface area contributed by atoms with Gasteiger partial charge in [0.15, 0.2) is 0 Å². The van der Waals surface area contributed by atoms with Crippen LogP contribution in [0.4, 0.5) is 5.69 Å². The van der Waals surface area contributed by atoms with Crippen molar-refractivity contribution in [2.75, 3.05) is 12.0 Å². The Morgan fingerprint density at radius 1 is 1.50 bits per heavy atom. The molecule has 1 amide bonds. The molecule has 1 fully saturated rings. The van der Waals surface area contributed by atoms with Crippen LogP contribution in [0.3, 0.4) is 0 Å². The van der Waals surface area contributed by atoms with Crippen LogP contribution >= 0.6 is 11.6 Å². The minimum absolute atomic E-state index is 0.0734. The van der Waals surface area contributed by atoms with E-state index in [-0.39, 0.29) is 11.9 Å². The molecule has 0 spiro atoms. The van der Waals surface area contributed by atoms with Gasteiger partial charge in [-0.3, -0.25) is 9.69 Å². The van der Waals surface area contributed by atoms with Gasteiger partial charge in [0, 0.05) is 17.1 Å². The van der Waals surface area contributed by atoms with E-state index in [1.165, 1.54) is 12.0 Å². The fourth-order valence-electron chi connectivity index (χ4n) is 2.19. The number of aryl methyl sites for hydroxylation is 1. The molecule has 1 aromatic carbocycles. The number of anilines is 1. The monoisotopic (exact) mass is 267 g/mol. The average Bonchev–Trinajstić information content (AvgIpc) is 2.73. The standard InChI is InChI=1S/C13H14ClNO3/c1-8-3-4-9(14)7-11(8)15-10(13(17)18-2)5-6-12(15)16/h3-4,7,10H,5-6H2,1-2H3. The average molecular weight is 268 g/mol. The van der Waals surface area contributed by atoms with E-state index >= 15 is 0 Å². The van der Waals surface area contributed by atoms with Crippen molar-refractivity contribution in [3.05, 3.63) is 28.8 Å². The van der Waals surface area contributed by atoms with Crippen molar-refractivity contribution in [1.29, 1.82) is 0 Å². The van der Waals surface area contributed by atoms with Crippen LogP contribution < -0.4 is 4.90 Å². The molecular formula is C13H14ClNO3. The number of rotatable bonds is 2. The van der Waals surface area contributed by atoms with Gasteiger partial charge in [-0.1, -0.05) is 17.7 Å². The number of methoxy groups -OCH3 is 1. The molecule has 1 heterocycles. The Bertz CT molecular complexity index is 501. The predicted octanol–water partition coefficient (Wildman–Crippen LogP) is 2.32. The Morgan fingerprint density at radius 2 is 2.22 bits per heavy atom. The molecule has 5 heteroatoms. The highest BCUT2D eigenvalue weighted by atomic mass is 35.5. The van der Waals surface area contributed by atoms with Crippen molar-refractivity contribution in [2.24, 2.45) is 0 Å². The number of hydrogen-bond acceptors (Lipinski definition) is 3. The Hall–Kier alpha value is -1.55. The van der Waals surface area contributed by atoms with E-state index in [9.17, 15) is 9.59 Å². The molecule has 1 atom stereocenters. The van der Waals surface area contributed by atoms with E-state index in [2.05, 4.69) is 0 Å². The Labute approximate surface area is 110 Å². The number of esters is 1. The summed E-state index contributed by atoms with van der Waals surface area (Å²) in [6, 6.07) is 4.75. The molecule has 0 radical (unpaired) electrons. The molecule has 1 aromatic rings. The smallest absolute Gasteiger partial charge is 0.328 e. The number of carbonyl (C=O) groups excluding carboxylic acids is 2. The second kappa shape index (κ2) is 4.98. The lowest BCUT2D eigenvalue weighted by atomic mass is 10.1. The molecule has 0 saturated carbocycles. The summed E-state index contributed by atoms with van der Waals surface area (Å²) in [5, 5.41) is 0.541. The Morgan fingerprint density at radius 3 is 2.89 bits per heavy atom. The first-order valence-electron chi connectivity index (χ1n) is 5.70. The zero-order valence-corrected chi connectivity index (χ0v) is 11.0. The van der Waals surface area contributed by atoms with Crippen molar-refractivity contribution in [1.82, 2.24) is 0 Å². The largest absolute Gasteiger partial charge is 0.467 e. The van der Waals surface area contributed by atoms with E-state index < -0.39 is 6.04 Å². The second-order valence-electron chi connectivity index (χ2n) is 4.27. The quantitative estimate of drug-likeness (QED) is 0.773. The van der Waals surface area contributed by atoms with Gasteiger partial charge in [0.05, 0.1) is 7.11 Å². The first-order chi connectivity index (χ1) is 8.54. The van der Waals surface area contributed by atoms with Crippen molar-refractivity contribution in [2.45, 2.75) is 25.8 Å². The zero-order valence-electron chi connectivity index (χ0n) is 10.3. The maximum absolute atomic E-state index is 11.9. The van der Waals surface area contributed by atoms with Gasteiger partial charge in [0.2, 0.25) is 5.91 Å². The first-order valence-corrected chi connectivity index (χ1v) is 6.08. The molecule has 18 heavy (non-hydrogen) atoms. The van der Waals surface area contributed by atoms with Crippen molar-refractivity contribution >= 4 is 29.2 Å². The number of ether oxygens (including phenoxy) is 1. The maximum atomic E-state index is 11.9. The molecule has 96 valence electrons. The summed E-state index contributed by atoms with van der Waals surface area (Å²) in [4.78, 5) is 25.1. The third-order valence-electron chi connectivity index (χ3n) is 3.12. The summed E-state index contributed by atoms with van der Waals surface area (Å²) < 4.78 is 4.74. The highest BCUT2D eigenvalue weighted by molar-refractivity contribution is 6.31. The SMILES string of the molecule is COC(=O)C1CCC(=O)N1c1cc(Cl)ccc1C. The molecule has 0 bridgehead atoms. The summed E-state index contributed by atoms with van der Waals surface area (Å²) >= 11 is 5.95. The lowest BCUT2D eigenvalue weighted by molar-refractivity contribution is -0.142. The van der Waals surface area contributed by atoms with Crippen LogP contribution in [0.5, 0.6) is 0 Å². The van der Waals surface area contributed by atoms with Crippen LogP contribution in [0.2, 0.25) is 5.02 Å². The predicted molar refractivity (Wildman–Crippen MR) is 68.7 cm³/mol. The maximum Gasteiger partial charge on any atom is 0.328 e. The highest BCUT2D eigenvalue weighted by Gasteiger charge is 2.38. The van der Waals surface area contributed by atoms with E-state index in [1.54, 1.807) is 12.1 Å². The molecule has 1 saturated heterocycles. The molecule has 0 aliphatic carbocycles. The fraction of sp³-hybridized carbons (Fsp3) is 0.385. The lowest BCUT2D eigenvalue weighted by Gasteiger charge is -2.24. The lowest BCUT2D eigenvalue weighted by Crippen LogP contribution is -2.39. The van der Waals surface area contributed by atoms with Gasteiger partial charge >= 0.3 is 5.97 Å². The van der Waals surface area contributed by atoms with Gasteiger partial charge in [0.1, 0.15) is 6.04 Å². The van der Waals surface area contributed by atoms with Crippen LogP contribution in [-0.4, -0.2) is 25.0 Å². The number of benzene rings is 1.